The van der Waals surface area contributed by atoms with Crippen molar-refractivity contribution in [2.75, 3.05) is 42.7 Å². The molecule has 0 aliphatic carbocycles. The van der Waals surface area contributed by atoms with Crippen LogP contribution in [0.1, 0.15) is 93.9 Å². The highest BCUT2D eigenvalue weighted by molar-refractivity contribution is 5.85. The third-order valence-corrected chi connectivity index (χ3v) is 8.86. The van der Waals surface area contributed by atoms with Crippen LogP contribution in [0.15, 0.2) is 0 Å². The second kappa shape index (κ2) is 15.2. The van der Waals surface area contributed by atoms with E-state index in [0.29, 0.717) is 6.42 Å². The maximum absolute atomic E-state index is 13.6. The van der Waals surface area contributed by atoms with Crippen LogP contribution in [0.2, 0.25) is 0 Å². The first-order valence-electron chi connectivity index (χ1n) is 14.5. The zero-order chi connectivity index (χ0) is 34.9. The fourth-order valence-electron chi connectivity index (χ4n) is 7.17. The first-order chi connectivity index (χ1) is 20.0. The van der Waals surface area contributed by atoms with Crippen molar-refractivity contribution in [1.29, 1.82) is 0 Å². The summed E-state index contributed by atoms with van der Waals surface area (Å²) in [6.07, 6.45) is -0.400. The summed E-state index contributed by atoms with van der Waals surface area (Å²) in [5.41, 5.74) is -8.19. The lowest BCUT2D eigenvalue weighted by Gasteiger charge is -2.45. The molecule has 0 amide bonds. The van der Waals surface area contributed by atoms with Crippen molar-refractivity contribution in [3.63, 3.8) is 0 Å². The minimum absolute atomic E-state index is 0.0371. The summed E-state index contributed by atoms with van der Waals surface area (Å²) in [7, 11) is 7.28. The van der Waals surface area contributed by atoms with E-state index in [1.807, 2.05) is 0 Å². The van der Waals surface area contributed by atoms with E-state index in [-0.39, 0.29) is 32.1 Å². The van der Waals surface area contributed by atoms with Crippen molar-refractivity contribution in [1.82, 2.24) is 0 Å². The van der Waals surface area contributed by atoms with Crippen LogP contribution in [0.3, 0.4) is 0 Å². The van der Waals surface area contributed by atoms with Gasteiger partial charge in [0.1, 0.15) is 0 Å². The number of esters is 6. The molecular weight excluding hydrogens is 576 g/mol. The van der Waals surface area contributed by atoms with Crippen molar-refractivity contribution >= 4 is 35.8 Å². The number of carbonyl (C=O) groups excluding carboxylic acids is 6. The van der Waals surface area contributed by atoms with Gasteiger partial charge in [-0.15, -0.1) is 0 Å². The normalized spacial score (nSPS) is 18.4. The van der Waals surface area contributed by atoms with Gasteiger partial charge in [-0.3, -0.25) is 28.8 Å². The number of hydrogen-bond donors (Lipinski definition) is 0. The van der Waals surface area contributed by atoms with Gasteiger partial charge in [0.25, 0.3) is 0 Å². The predicted octanol–water partition coefficient (Wildman–Crippen LogP) is 4.44. The van der Waals surface area contributed by atoms with Gasteiger partial charge in [-0.1, -0.05) is 6.92 Å². The lowest BCUT2D eigenvalue weighted by molar-refractivity contribution is -0.172. The van der Waals surface area contributed by atoms with Crippen molar-refractivity contribution in [3.05, 3.63) is 0 Å². The van der Waals surface area contributed by atoms with Gasteiger partial charge in [0.2, 0.25) is 0 Å². The largest absolute Gasteiger partial charge is 0.469 e. The molecule has 0 spiro atoms. The van der Waals surface area contributed by atoms with Gasteiger partial charge in [0.15, 0.2) is 0 Å². The second-order valence-corrected chi connectivity index (χ2v) is 13.9. The SMILES string of the molecule is CCC(C)(CC(C)(CC(C)(CC(C)(CC(C)(CC(C)(C)C(=O)OC)C(=O)OC)C(=O)OC)C(=O)OC)C(=O)OC)C(=O)OC. The highest BCUT2D eigenvalue weighted by Gasteiger charge is 2.56. The fourth-order valence-corrected chi connectivity index (χ4v) is 7.17. The van der Waals surface area contributed by atoms with E-state index < -0.39 is 68.3 Å². The highest BCUT2D eigenvalue weighted by Crippen LogP contribution is 2.53. The molecule has 0 aromatic heterocycles. The molecule has 0 aliphatic heterocycles. The van der Waals surface area contributed by atoms with Crippen molar-refractivity contribution < 1.29 is 57.2 Å². The molecule has 0 bridgehead atoms. The molecule has 254 valence electrons. The Hall–Kier alpha value is -3.18. The van der Waals surface area contributed by atoms with E-state index in [0.717, 1.165) is 0 Å². The van der Waals surface area contributed by atoms with Gasteiger partial charge >= 0.3 is 35.8 Å². The Bertz CT molecular complexity index is 1080. The summed E-state index contributed by atoms with van der Waals surface area (Å²) in [5, 5.41) is 0. The monoisotopic (exact) mass is 630 g/mol. The Labute approximate surface area is 262 Å². The van der Waals surface area contributed by atoms with Crippen molar-refractivity contribution in [2.24, 2.45) is 32.5 Å². The summed E-state index contributed by atoms with van der Waals surface area (Å²) >= 11 is 0. The fraction of sp³-hybridized carbons (Fsp3) is 0.812. The van der Waals surface area contributed by atoms with Crippen LogP contribution in [0.5, 0.6) is 0 Å². The van der Waals surface area contributed by atoms with Crippen LogP contribution in [0.25, 0.3) is 0 Å². The molecule has 12 nitrogen and oxygen atoms in total. The standard InChI is InChI=1S/C32H54O12/c1-15-28(4,22(34)40-10)17-30(6,24(36)42-12)19-32(8,26(38)44-14)20-31(7,25(37)43-13)18-29(5,23(35)41-11)16-27(2,3)21(33)39-9/h15-20H2,1-14H3. The van der Waals surface area contributed by atoms with Crippen LogP contribution in [-0.2, 0) is 57.2 Å². The third-order valence-electron chi connectivity index (χ3n) is 8.86. The van der Waals surface area contributed by atoms with E-state index in [4.69, 9.17) is 28.4 Å². The first kappa shape index (κ1) is 40.8. The molecule has 0 saturated carbocycles. The minimum Gasteiger partial charge on any atom is -0.469 e. The molecule has 0 aromatic rings. The maximum atomic E-state index is 13.6. The van der Waals surface area contributed by atoms with Gasteiger partial charge in [-0.05, 0) is 87.0 Å². The molecule has 0 aliphatic rings. The smallest absolute Gasteiger partial charge is 0.311 e. The van der Waals surface area contributed by atoms with E-state index in [9.17, 15) is 28.8 Å². The number of carbonyl (C=O) groups is 6. The van der Waals surface area contributed by atoms with Gasteiger partial charge in [-0.25, -0.2) is 0 Å². The third kappa shape index (κ3) is 9.17. The van der Waals surface area contributed by atoms with Gasteiger partial charge in [-0.2, -0.15) is 0 Å². The van der Waals surface area contributed by atoms with E-state index in [2.05, 4.69) is 0 Å². The molecule has 0 radical (unpaired) electrons. The Balaban J connectivity index is 7.23. The van der Waals surface area contributed by atoms with E-state index in [1.165, 1.54) is 42.7 Å². The highest BCUT2D eigenvalue weighted by atomic mass is 16.5. The second-order valence-electron chi connectivity index (χ2n) is 13.9. The lowest BCUT2D eigenvalue weighted by Crippen LogP contribution is -2.49. The number of methoxy groups -OCH3 is 6. The first-order valence-corrected chi connectivity index (χ1v) is 14.5. The molecule has 5 atom stereocenters. The minimum atomic E-state index is -1.54. The molecule has 0 fully saturated rings. The average Bonchev–Trinajstić information content (AvgIpc) is 2.96. The molecular formula is C32H54O12. The molecule has 44 heavy (non-hydrogen) atoms. The molecule has 0 aromatic carbocycles. The molecule has 5 unspecified atom stereocenters. The van der Waals surface area contributed by atoms with Crippen LogP contribution >= 0.6 is 0 Å². The molecule has 0 rings (SSSR count). The molecule has 12 heteroatoms. The Morgan fingerprint density at radius 2 is 0.568 bits per heavy atom. The summed E-state index contributed by atoms with van der Waals surface area (Å²) in [6.45, 7) is 12.9. The number of rotatable bonds is 17. The molecule has 0 saturated heterocycles. The van der Waals surface area contributed by atoms with Crippen LogP contribution in [0.4, 0.5) is 0 Å². The Morgan fingerprint density at radius 3 is 0.795 bits per heavy atom. The van der Waals surface area contributed by atoms with Crippen molar-refractivity contribution in [3.8, 4) is 0 Å². The summed E-state index contributed by atoms with van der Waals surface area (Å²) < 4.78 is 30.6. The van der Waals surface area contributed by atoms with Crippen molar-refractivity contribution in [2.45, 2.75) is 93.9 Å². The Morgan fingerprint density at radius 1 is 0.364 bits per heavy atom. The van der Waals surface area contributed by atoms with Crippen LogP contribution in [-0.4, -0.2) is 78.5 Å². The quantitative estimate of drug-likeness (QED) is 0.165. The molecule has 0 heterocycles. The number of hydrogen-bond acceptors (Lipinski definition) is 12. The number of ether oxygens (including phenoxy) is 6. The van der Waals surface area contributed by atoms with Crippen LogP contribution in [0, 0.1) is 32.5 Å². The average molecular weight is 631 g/mol. The zero-order valence-electron chi connectivity index (χ0n) is 29.1. The Kier molecular flexibility index (Phi) is 14.1. The molecule has 0 N–H and O–H groups in total. The van der Waals surface area contributed by atoms with Gasteiger partial charge < -0.3 is 28.4 Å². The summed E-state index contributed by atoms with van der Waals surface area (Å²) in [5.74, 6) is -3.91. The maximum Gasteiger partial charge on any atom is 0.311 e. The lowest BCUT2D eigenvalue weighted by atomic mass is 9.58. The summed E-state index contributed by atoms with van der Waals surface area (Å²) in [6, 6.07) is 0. The topological polar surface area (TPSA) is 158 Å². The van der Waals surface area contributed by atoms with Crippen LogP contribution < -0.4 is 0 Å². The van der Waals surface area contributed by atoms with E-state index >= 15 is 0 Å². The zero-order valence-corrected chi connectivity index (χ0v) is 29.1. The predicted molar refractivity (Wildman–Crippen MR) is 160 cm³/mol. The van der Waals surface area contributed by atoms with Gasteiger partial charge in [0, 0.05) is 0 Å². The summed E-state index contributed by atoms with van der Waals surface area (Å²) in [4.78, 5) is 79.2. The van der Waals surface area contributed by atoms with Gasteiger partial charge in [0.05, 0.1) is 75.1 Å². The van der Waals surface area contributed by atoms with E-state index in [1.54, 1.807) is 55.4 Å².